The van der Waals surface area contributed by atoms with Gasteiger partial charge in [0.15, 0.2) is 0 Å². The smallest absolute Gasteiger partial charge is 0.237 e. The van der Waals surface area contributed by atoms with Gasteiger partial charge in [-0.1, -0.05) is 6.92 Å². The second kappa shape index (κ2) is 7.37. The van der Waals surface area contributed by atoms with E-state index in [9.17, 15) is 4.79 Å². The van der Waals surface area contributed by atoms with Crippen molar-refractivity contribution in [2.24, 2.45) is 5.73 Å². The second-order valence-corrected chi connectivity index (χ2v) is 4.63. The SMILES string of the molecule is CC[C@H](N)C(=O)NC1CCSCC1.Cl. The van der Waals surface area contributed by atoms with Gasteiger partial charge < -0.3 is 11.1 Å². The number of nitrogens with two attached hydrogens (primary N) is 1. The highest BCUT2D eigenvalue weighted by molar-refractivity contribution is 7.99. The van der Waals surface area contributed by atoms with Crippen LogP contribution >= 0.6 is 24.2 Å². The van der Waals surface area contributed by atoms with Crippen molar-refractivity contribution in [1.29, 1.82) is 0 Å². The molecule has 14 heavy (non-hydrogen) atoms. The van der Waals surface area contributed by atoms with Crippen LogP contribution in [0.3, 0.4) is 0 Å². The summed E-state index contributed by atoms with van der Waals surface area (Å²) in [6, 6.07) is 0.0425. The quantitative estimate of drug-likeness (QED) is 0.776. The van der Waals surface area contributed by atoms with Gasteiger partial charge >= 0.3 is 0 Å². The molecule has 1 atom stereocenters. The average molecular weight is 239 g/mol. The van der Waals surface area contributed by atoms with Crippen LogP contribution in [0.5, 0.6) is 0 Å². The van der Waals surface area contributed by atoms with Crippen LogP contribution in [-0.4, -0.2) is 29.5 Å². The van der Waals surface area contributed by atoms with E-state index in [0.717, 1.165) is 24.3 Å². The maximum Gasteiger partial charge on any atom is 0.237 e. The van der Waals surface area contributed by atoms with Gasteiger partial charge in [-0.2, -0.15) is 11.8 Å². The summed E-state index contributed by atoms with van der Waals surface area (Å²) in [5, 5.41) is 2.99. The molecule has 0 aromatic rings. The van der Waals surface area contributed by atoms with E-state index in [2.05, 4.69) is 5.32 Å². The van der Waals surface area contributed by atoms with E-state index in [1.54, 1.807) is 0 Å². The monoisotopic (exact) mass is 238 g/mol. The molecule has 0 aromatic carbocycles. The van der Waals surface area contributed by atoms with Gasteiger partial charge in [-0.15, -0.1) is 12.4 Å². The molecule has 1 amide bonds. The van der Waals surface area contributed by atoms with E-state index in [-0.39, 0.29) is 24.4 Å². The maximum atomic E-state index is 11.4. The Morgan fingerprint density at radius 1 is 1.57 bits per heavy atom. The Morgan fingerprint density at radius 3 is 2.64 bits per heavy atom. The van der Waals surface area contributed by atoms with Crippen LogP contribution in [0.15, 0.2) is 0 Å². The van der Waals surface area contributed by atoms with E-state index in [0.29, 0.717) is 12.5 Å². The molecule has 0 radical (unpaired) electrons. The average Bonchev–Trinajstić information content (AvgIpc) is 2.18. The third-order valence-corrected chi connectivity index (χ3v) is 3.39. The lowest BCUT2D eigenvalue weighted by molar-refractivity contribution is -0.123. The third-order valence-electron chi connectivity index (χ3n) is 2.34. The highest BCUT2D eigenvalue weighted by atomic mass is 35.5. The predicted octanol–water partition coefficient (Wildman–Crippen LogP) is 1.16. The Bertz CT molecular complexity index is 174. The molecule has 0 unspecified atom stereocenters. The lowest BCUT2D eigenvalue weighted by Gasteiger charge is -2.23. The molecule has 1 heterocycles. The van der Waals surface area contributed by atoms with Crippen molar-refractivity contribution in [3.63, 3.8) is 0 Å². The second-order valence-electron chi connectivity index (χ2n) is 3.41. The van der Waals surface area contributed by atoms with Gasteiger partial charge in [-0.3, -0.25) is 4.79 Å². The summed E-state index contributed by atoms with van der Waals surface area (Å²) < 4.78 is 0. The Hall–Kier alpha value is 0.0700. The number of rotatable bonds is 3. The van der Waals surface area contributed by atoms with Crippen molar-refractivity contribution >= 4 is 30.1 Å². The summed E-state index contributed by atoms with van der Waals surface area (Å²) in [7, 11) is 0. The number of hydrogen-bond donors (Lipinski definition) is 2. The fraction of sp³-hybridized carbons (Fsp3) is 0.889. The van der Waals surface area contributed by atoms with Gasteiger partial charge in [0.25, 0.3) is 0 Å². The molecular formula is C9H19ClN2OS. The van der Waals surface area contributed by atoms with Crippen LogP contribution in [0.1, 0.15) is 26.2 Å². The molecule has 1 aliphatic rings. The first-order valence-electron chi connectivity index (χ1n) is 4.87. The van der Waals surface area contributed by atoms with Crippen LogP contribution < -0.4 is 11.1 Å². The van der Waals surface area contributed by atoms with Crippen molar-refractivity contribution in [2.75, 3.05) is 11.5 Å². The van der Waals surface area contributed by atoms with Crippen LogP contribution in [0.2, 0.25) is 0 Å². The Morgan fingerprint density at radius 2 is 2.14 bits per heavy atom. The van der Waals surface area contributed by atoms with Crippen molar-refractivity contribution in [2.45, 2.75) is 38.3 Å². The normalized spacial score (nSPS) is 19.6. The van der Waals surface area contributed by atoms with E-state index >= 15 is 0 Å². The molecular weight excluding hydrogens is 220 g/mol. The number of carbonyl (C=O) groups excluding carboxylic acids is 1. The van der Waals surface area contributed by atoms with E-state index in [1.807, 2.05) is 18.7 Å². The summed E-state index contributed by atoms with van der Waals surface area (Å²) >= 11 is 1.96. The molecule has 1 aliphatic heterocycles. The van der Waals surface area contributed by atoms with Crippen LogP contribution in [0.4, 0.5) is 0 Å². The van der Waals surface area contributed by atoms with Gasteiger partial charge in [0.1, 0.15) is 0 Å². The number of thioether (sulfide) groups is 1. The topological polar surface area (TPSA) is 55.1 Å². The van der Waals surface area contributed by atoms with Gasteiger partial charge in [-0.05, 0) is 30.8 Å². The summed E-state index contributed by atoms with van der Waals surface area (Å²) in [4.78, 5) is 11.4. The van der Waals surface area contributed by atoms with Crippen molar-refractivity contribution < 1.29 is 4.79 Å². The lowest BCUT2D eigenvalue weighted by atomic mass is 10.1. The van der Waals surface area contributed by atoms with Crippen LogP contribution in [0, 0.1) is 0 Å². The van der Waals surface area contributed by atoms with E-state index < -0.39 is 0 Å². The number of hydrogen-bond acceptors (Lipinski definition) is 3. The molecule has 0 aromatic heterocycles. The van der Waals surface area contributed by atoms with E-state index in [1.165, 1.54) is 0 Å². The first-order chi connectivity index (χ1) is 6.24. The zero-order valence-electron chi connectivity index (χ0n) is 8.49. The lowest BCUT2D eigenvalue weighted by Crippen LogP contribution is -2.46. The summed E-state index contributed by atoms with van der Waals surface area (Å²) in [6.45, 7) is 1.93. The number of halogens is 1. The maximum absolute atomic E-state index is 11.4. The largest absolute Gasteiger partial charge is 0.352 e. The third kappa shape index (κ3) is 4.53. The van der Waals surface area contributed by atoms with Gasteiger partial charge in [0, 0.05) is 6.04 Å². The number of nitrogens with one attached hydrogen (secondary N) is 1. The van der Waals surface area contributed by atoms with Gasteiger partial charge in [0.05, 0.1) is 6.04 Å². The highest BCUT2D eigenvalue weighted by Gasteiger charge is 2.18. The molecule has 1 rings (SSSR count). The molecule has 0 bridgehead atoms. The highest BCUT2D eigenvalue weighted by Crippen LogP contribution is 2.16. The predicted molar refractivity (Wildman–Crippen MR) is 64.0 cm³/mol. The Labute approximate surface area is 96.0 Å². The molecule has 0 saturated carbocycles. The molecule has 0 spiro atoms. The molecule has 1 fully saturated rings. The molecule has 1 saturated heterocycles. The van der Waals surface area contributed by atoms with Crippen molar-refractivity contribution in [1.82, 2.24) is 5.32 Å². The molecule has 5 heteroatoms. The van der Waals surface area contributed by atoms with Gasteiger partial charge in [-0.25, -0.2) is 0 Å². The van der Waals surface area contributed by atoms with Crippen LogP contribution in [-0.2, 0) is 4.79 Å². The number of amides is 1. The summed E-state index contributed by atoms with van der Waals surface area (Å²) in [5.74, 6) is 2.33. The fourth-order valence-corrected chi connectivity index (χ4v) is 2.44. The molecule has 3 nitrogen and oxygen atoms in total. The Balaban J connectivity index is 0.00000169. The first kappa shape index (κ1) is 14.1. The van der Waals surface area contributed by atoms with Gasteiger partial charge in [0.2, 0.25) is 5.91 Å². The minimum Gasteiger partial charge on any atom is -0.352 e. The molecule has 84 valence electrons. The summed E-state index contributed by atoms with van der Waals surface area (Å²) in [5.41, 5.74) is 5.62. The number of carbonyl (C=O) groups is 1. The minimum absolute atomic E-state index is 0. The molecule has 0 aliphatic carbocycles. The summed E-state index contributed by atoms with van der Waals surface area (Å²) in [6.07, 6.45) is 2.90. The molecule has 3 N–H and O–H groups in total. The zero-order chi connectivity index (χ0) is 9.68. The first-order valence-corrected chi connectivity index (χ1v) is 6.03. The van der Waals surface area contributed by atoms with Crippen molar-refractivity contribution in [3.05, 3.63) is 0 Å². The standard InChI is InChI=1S/C9H18N2OS.ClH/c1-2-8(10)9(12)11-7-3-5-13-6-4-7;/h7-8H,2-6,10H2,1H3,(H,11,12);1H/t8-;/m0./s1. The zero-order valence-corrected chi connectivity index (χ0v) is 10.1. The van der Waals surface area contributed by atoms with Crippen molar-refractivity contribution in [3.8, 4) is 0 Å². The van der Waals surface area contributed by atoms with E-state index in [4.69, 9.17) is 5.73 Å². The minimum atomic E-state index is -0.324. The van der Waals surface area contributed by atoms with Crippen LogP contribution in [0.25, 0.3) is 0 Å². The fourth-order valence-electron chi connectivity index (χ4n) is 1.34. The Kier molecular flexibility index (Phi) is 7.41.